The molecule has 0 aliphatic rings. The van der Waals surface area contributed by atoms with Gasteiger partial charge in [-0.3, -0.25) is 0 Å². The molecule has 0 saturated heterocycles. The van der Waals surface area contributed by atoms with Crippen LogP contribution in [0.2, 0.25) is 0 Å². The third-order valence-corrected chi connectivity index (χ3v) is 2.18. The van der Waals surface area contributed by atoms with Crippen molar-refractivity contribution in [3.05, 3.63) is 24.3 Å². The van der Waals surface area contributed by atoms with Crippen LogP contribution in [0.25, 0.3) is 0 Å². The van der Waals surface area contributed by atoms with Crippen molar-refractivity contribution in [3.8, 4) is 0 Å². The summed E-state index contributed by atoms with van der Waals surface area (Å²) < 4.78 is -1.79. The normalized spacial score (nSPS) is 13.7. The maximum absolute atomic E-state index is 9.40. The first-order valence-corrected chi connectivity index (χ1v) is 4.90. The molecule has 0 saturated carbocycles. The van der Waals surface area contributed by atoms with Crippen LogP contribution in [0.1, 0.15) is 0 Å². The van der Waals surface area contributed by atoms with E-state index in [0.29, 0.717) is 11.4 Å². The Hall–Kier alpha value is -0.350. The van der Waals surface area contributed by atoms with E-state index in [-0.39, 0.29) is 0 Å². The Balaban J connectivity index is 2.75. The summed E-state index contributed by atoms with van der Waals surface area (Å²) in [5.74, 6) is 0. The minimum absolute atomic E-state index is 0.473. The molecule has 0 aliphatic heterocycles. The number of nitrogens with one attached hydrogen (secondary N) is 1. The van der Waals surface area contributed by atoms with Gasteiger partial charge in [0.2, 0.25) is 3.79 Å². The van der Waals surface area contributed by atoms with E-state index in [4.69, 9.17) is 40.5 Å². The van der Waals surface area contributed by atoms with Crippen molar-refractivity contribution < 1.29 is 5.11 Å². The predicted molar refractivity (Wildman–Crippen MR) is 60.8 cm³/mol. The molecular formula is C8H9Cl3N2O. The van der Waals surface area contributed by atoms with Crippen LogP contribution >= 0.6 is 34.8 Å². The molecule has 0 bridgehead atoms. The highest BCUT2D eigenvalue weighted by Gasteiger charge is 2.30. The molecule has 0 aromatic heterocycles. The molecule has 0 aliphatic carbocycles. The van der Waals surface area contributed by atoms with E-state index in [1.165, 1.54) is 0 Å². The van der Waals surface area contributed by atoms with Crippen molar-refractivity contribution in [2.24, 2.45) is 0 Å². The lowest BCUT2D eigenvalue weighted by Gasteiger charge is -2.21. The number of anilines is 2. The Kier molecular flexibility index (Phi) is 3.72. The van der Waals surface area contributed by atoms with Crippen LogP contribution in [-0.2, 0) is 0 Å². The Bertz CT molecular complexity index is 314. The fourth-order valence-electron chi connectivity index (χ4n) is 0.858. The number of para-hydroxylation sites is 2. The van der Waals surface area contributed by atoms with Crippen molar-refractivity contribution in [1.29, 1.82) is 0 Å². The number of rotatable bonds is 2. The highest BCUT2D eigenvalue weighted by molar-refractivity contribution is 6.68. The number of aliphatic hydroxyl groups is 1. The number of nitrogens with two attached hydrogens (primary N) is 1. The lowest BCUT2D eigenvalue weighted by Crippen LogP contribution is -2.33. The summed E-state index contributed by atoms with van der Waals surface area (Å²) in [6.07, 6.45) is -1.31. The van der Waals surface area contributed by atoms with E-state index in [0.717, 1.165) is 0 Å². The van der Waals surface area contributed by atoms with Gasteiger partial charge in [0, 0.05) is 0 Å². The van der Waals surface area contributed by atoms with Gasteiger partial charge in [-0.1, -0.05) is 46.9 Å². The molecule has 0 amide bonds. The number of hydrogen-bond donors (Lipinski definition) is 3. The number of hydrogen-bond acceptors (Lipinski definition) is 3. The summed E-state index contributed by atoms with van der Waals surface area (Å²) in [6.45, 7) is 0. The van der Waals surface area contributed by atoms with Gasteiger partial charge in [0.15, 0.2) is 6.23 Å². The molecule has 0 radical (unpaired) electrons. The van der Waals surface area contributed by atoms with Gasteiger partial charge in [-0.05, 0) is 12.1 Å². The van der Waals surface area contributed by atoms with Crippen molar-refractivity contribution >= 4 is 46.2 Å². The largest absolute Gasteiger partial charge is 0.397 e. The quantitative estimate of drug-likeness (QED) is 0.432. The van der Waals surface area contributed by atoms with E-state index < -0.39 is 10.0 Å². The number of alkyl halides is 3. The number of aliphatic hydroxyl groups excluding tert-OH is 1. The molecule has 6 heteroatoms. The molecule has 1 rings (SSSR count). The molecular weight excluding hydrogens is 246 g/mol. The van der Waals surface area contributed by atoms with Crippen LogP contribution in [0.15, 0.2) is 24.3 Å². The maximum Gasteiger partial charge on any atom is 0.234 e. The Labute approximate surface area is 96.8 Å². The molecule has 1 atom stereocenters. The van der Waals surface area contributed by atoms with Gasteiger partial charge in [-0.25, -0.2) is 0 Å². The second-order valence-electron chi connectivity index (χ2n) is 2.68. The van der Waals surface area contributed by atoms with E-state index in [9.17, 15) is 5.11 Å². The number of halogens is 3. The topological polar surface area (TPSA) is 58.3 Å². The Morgan fingerprint density at radius 2 is 1.86 bits per heavy atom. The number of benzene rings is 1. The zero-order valence-corrected chi connectivity index (χ0v) is 9.31. The van der Waals surface area contributed by atoms with Gasteiger partial charge < -0.3 is 16.2 Å². The van der Waals surface area contributed by atoms with Crippen LogP contribution in [0, 0.1) is 0 Å². The highest BCUT2D eigenvalue weighted by atomic mass is 35.6. The van der Waals surface area contributed by atoms with Gasteiger partial charge in [0.05, 0.1) is 11.4 Å². The summed E-state index contributed by atoms with van der Waals surface area (Å²) in [5, 5.41) is 12.0. The average Bonchev–Trinajstić information content (AvgIpc) is 2.07. The van der Waals surface area contributed by atoms with Gasteiger partial charge in [-0.2, -0.15) is 0 Å². The molecule has 3 nitrogen and oxygen atoms in total. The SMILES string of the molecule is Nc1ccccc1NC(O)C(Cl)(Cl)Cl. The van der Waals surface area contributed by atoms with Crippen LogP contribution in [-0.4, -0.2) is 15.1 Å². The van der Waals surface area contributed by atoms with Crippen LogP contribution in [0.4, 0.5) is 11.4 Å². The van der Waals surface area contributed by atoms with Crippen molar-refractivity contribution in [3.63, 3.8) is 0 Å². The zero-order chi connectivity index (χ0) is 10.8. The van der Waals surface area contributed by atoms with E-state index in [2.05, 4.69) is 5.32 Å². The summed E-state index contributed by atoms with van der Waals surface area (Å²) in [5.41, 5.74) is 6.60. The van der Waals surface area contributed by atoms with Gasteiger partial charge in [-0.15, -0.1) is 0 Å². The van der Waals surface area contributed by atoms with Crippen molar-refractivity contribution in [2.75, 3.05) is 11.1 Å². The predicted octanol–water partition coefficient (Wildman–Crippen LogP) is 2.37. The Morgan fingerprint density at radius 3 is 2.36 bits per heavy atom. The van der Waals surface area contributed by atoms with Gasteiger partial charge >= 0.3 is 0 Å². The molecule has 14 heavy (non-hydrogen) atoms. The fourth-order valence-corrected chi connectivity index (χ4v) is 1.02. The molecule has 0 spiro atoms. The van der Waals surface area contributed by atoms with Gasteiger partial charge in [0.1, 0.15) is 0 Å². The molecule has 0 heterocycles. The summed E-state index contributed by atoms with van der Waals surface area (Å²) >= 11 is 16.4. The molecule has 78 valence electrons. The molecule has 1 aromatic carbocycles. The average molecular weight is 256 g/mol. The number of nitrogen functional groups attached to an aromatic ring is 1. The first-order valence-electron chi connectivity index (χ1n) is 3.77. The van der Waals surface area contributed by atoms with Crippen LogP contribution in [0.3, 0.4) is 0 Å². The third kappa shape index (κ3) is 3.10. The summed E-state index contributed by atoms with van der Waals surface area (Å²) in [4.78, 5) is 0. The molecule has 1 aromatic rings. The second-order valence-corrected chi connectivity index (χ2v) is 5.04. The van der Waals surface area contributed by atoms with E-state index in [1.54, 1.807) is 24.3 Å². The molecule has 0 fully saturated rings. The lowest BCUT2D eigenvalue weighted by atomic mass is 10.2. The summed E-state index contributed by atoms with van der Waals surface area (Å²) in [7, 11) is 0. The third-order valence-electron chi connectivity index (χ3n) is 1.56. The molecule has 4 N–H and O–H groups in total. The first kappa shape index (κ1) is 11.7. The van der Waals surface area contributed by atoms with Crippen molar-refractivity contribution in [1.82, 2.24) is 0 Å². The summed E-state index contributed by atoms with van der Waals surface area (Å²) in [6, 6.07) is 6.87. The maximum atomic E-state index is 9.40. The van der Waals surface area contributed by atoms with Gasteiger partial charge in [0.25, 0.3) is 0 Å². The fraction of sp³-hybridized carbons (Fsp3) is 0.250. The minimum atomic E-state index is -1.79. The zero-order valence-electron chi connectivity index (χ0n) is 7.05. The smallest absolute Gasteiger partial charge is 0.234 e. The lowest BCUT2D eigenvalue weighted by molar-refractivity contribution is 0.208. The van der Waals surface area contributed by atoms with E-state index >= 15 is 0 Å². The van der Waals surface area contributed by atoms with E-state index in [1.807, 2.05) is 0 Å². The van der Waals surface area contributed by atoms with Crippen molar-refractivity contribution in [2.45, 2.75) is 10.0 Å². The standard InChI is InChI=1S/C8H9Cl3N2O/c9-8(10,11)7(14)13-6-4-2-1-3-5(6)12/h1-4,7,13-14H,12H2. The monoisotopic (exact) mass is 254 g/mol. The highest BCUT2D eigenvalue weighted by Crippen LogP contribution is 2.31. The second kappa shape index (κ2) is 4.45. The first-order chi connectivity index (χ1) is 6.41. The Morgan fingerprint density at radius 1 is 1.29 bits per heavy atom. The molecule has 1 unspecified atom stereocenters. The van der Waals surface area contributed by atoms with Crippen LogP contribution < -0.4 is 11.1 Å². The minimum Gasteiger partial charge on any atom is -0.397 e. The van der Waals surface area contributed by atoms with Crippen LogP contribution in [0.5, 0.6) is 0 Å².